The van der Waals surface area contributed by atoms with Crippen molar-refractivity contribution in [2.24, 2.45) is 5.92 Å². The van der Waals surface area contributed by atoms with Crippen molar-refractivity contribution in [3.8, 4) is 0 Å². The molecule has 0 bridgehead atoms. The zero-order valence-corrected chi connectivity index (χ0v) is 11.0. The highest BCUT2D eigenvalue weighted by Gasteiger charge is 2.35. The standard InChI is InChI=1S/C10H13FN4O3S/c1-6-2-8(12)14-10(13-6)15-4-7(3-9(15)16)5-19(11,17)18/h2,7H,3-5H2,1H3,(H2,12,13,14). The molecule has 1 aromatic heterocycles. The fourth-order valence-corrected chi connectivity index (χ4v) is 2.85. The highest BCUT2D eigenvalue weighted by atomic mass is 32.3. The predicted molar refractivity (Wildman–Crippen MR) is 66.5 cm³/mol. The Labute approximate surface area is 109 Å². The van der Waals surface area contributed by atoms with Crippen molar-refractivity contribution in [2.75, 3.05) is 22.9 Å². The number of rotatable bonds is 3. The van der Waals surface area contributed by atoms with Gasteiger partial charge in [0.15, 0.2) is 0 Å². The molecule has 1 amide bonds. The van der Waals surface area contributed by atoms with Crippen LogP contribution in [0.3, 0.4) is 0 Å². The van der Waals surface area contributed by atoms with Crippen molar-refractivity contribution in [3.05, 3.63) is 11.8 Å². The molecule has 1 saturated heterocycles. The number of nitrogens with zero attached hydrogens (tertiary/aromatic N) is 3. The van der Waals surface area contributed by atoms with Gasteiger partial charge in [0.25, 0.3) is 0 Å². The van der Waals surface area contributed by atoms with Crippen LogP contribution in [0.15, 0.2) is 6.07 Å². The van der Waals surface area contributed by atoms with E-state index in [-0.39, 0.29) is 30.6 Å². The first kappa shape index (κ1) is 13.7. The van der Waals surface area contributed by atoms with Crippen LogP contribution in [0.2, 0.25) is 0 Å². The number of aromatic nitrogens is 2. The molecule has 1 aliphatic rings. The van der Waals surface area contributed by atoms with E-state index in [4.69, 9.17) is 5.73 Å². The van der Waals surface area contributed by atoms with Gasteiger partial charge in [-0.25, -0.2) is 4.98 Å². The van der Waals surface area contributed by atoms with Crippen LogP contribution in [0.25, 0.3) is 0 Å². The third-order valence-electron chi connectivity index (χ3n) is 2.74. The van der Waals surface area contributed by atoms with E-state index >= 15 is 0 Å². The molecule has 1 aliphatic heterocycles. The number of hydrogen-bond acceptors (Lipinski definition) is 6. The van der Waals surface area contributed by atoms with Crippen LogP contribution >= 0.6 is 0 Å². The van der Waals surface area contributed by atoms with Crippen LogP contribution in [-0.2, 0) is 15.0 Å². The molecule has 19 heavy (non-hydrogen) atoms. The summed E-state index contributed by atoms with van der Waals surface area (Å²) in [4.78, 5) is 21.0. The Morgan fingerprint density at radius 2 is 2.21 bits per heavy atom. The molecule has 9 heteroatoms. The Bertz CT molecular complexity index is 599. The smallest absolute Gasteiger partial charge is 0.302 e. The minimum absolute atomic E-state index is 0.0413. The quantitative estimate of drug-likeness (QED) is 0.786. The first-order valence-electron chi connectivity index (χ1n) is 5.58. The van der Waals surface area contributed by atoms with Crippen LogP contribution in [-0.4, -0.2) is 36.6 Å². The van der Waals surface area contributed by atoms with Gasteiger partial charge in [-0.1, -0.05) is 0 Å². The molecule has 2 rings (SSSR count). The Hall–Kier alpha value is -1.77. The zero-order valence-electron chi connectivity index (χ0n) is 10.2. The summed E-state index contributed by atoms with van der Waals surface area (Å²) in [6, 6.07) is 1.55. The van der Waals surface area contributed by atoms with E-state index in [2.05, 4.69) is 9.97 Å². The fourth-order valence-electron chi connectivity index (χ4n) is 2.07. The fraction of sp³-hybridized carbons (Fsp3) is 0.500. The van der Waals surface area contributed by atoms with E-state index in [0.29, 0.717) is 5.69 Å². The summed E-state index contributed by atoms with van der Waals surface area (Å²) < 4.78 is 33.8. The molecule has 7 nitrogen and oxygen atoms in total. The lowest BCUT2D eigenvalue weighted by atomic mass is 10.1. The van der Waals surface area contributed by atoms with Gasteiger partial charge in [0.1, 0.15) is 5.82 Å². The average Bonchev–Trinajstić information content (AvgIpc) is 2.54. The van der Waals surface area contributed by atoms with Crippen LogP contribution in [0, 0.1) is 12.8 Å². The molecule has 0 spiro atoms. The number of halogens is 1. The molecule has 2 heterocycles. The van der Waals surface area contributed by atoms with Crippen LogP contribution < -0.4 is 10.6 Å². The van der Waals surface area contributed by atoms with Gasteiger partial charge in [0.2, 0.25) is 11.9 Å². The van der Waals surface area contributed by atoms with Crippen molar-refractivity contribution < 1.29 is 17.1 Å². The van der Waals surface area contributed by atoms with Gasteiger partial charge in [-0.05, 0) is 6.92 Å². The van der Waals surface area contributed by atoms with Gasteiger partial charge < -0.3 is 5.73 Å². The molecule has 0 saturated carbocycles. The van der Waals surface area contributed by atoms with Crippen LogP contribution in [0.4, 0.5) is 15.7 Å². The zero-order chi connectivity index (χ0) is 14.2. The minimum Gasteiger partial charge on any atom is -0.384 e. The number of carbonyl (C=O) groups is 1. The number of nitrogen functional groups attached to an aromatic ring is 1. The van der Waals surface area contributed by atoms with E-state index < -0.39 is 21.9 Å². The Morgan fingerprint density at radius 1 is 1.53 bits per heavy atom. The SMILES string of the molecule is Cc1cc(N)nc(N2CC(CS(=O)(=O)F)CC2=O)n1. The lowest BCUT2D eigenvalue weighted by Crippen LogP contribution is -2.27. The second-order valence-electron chi connectivity index (χ2n) is 4.51. The monoisotopic (exact) mass is 288 g/mol. The summed E-state index contributed by atoms with van der Waals surface area (Å²) in [6.45, 7) is 1.77. The maximum absolute atomic E-state index is 12.6. The van der Waals surface area contributed by atoms with Crippen molar-refractivity contribution in [2.45, 2.75) is 13.3 Å². The number of amides is 1. The van der Waals surface area contributed by atoms with Crippen LogP contribution in [0.5, 0.6) is 0 Å². The molecule has 0 aliphatic carbocycles. The molecule has 0 radical (unpaired) electrons. The second kappa shape index (κ2) is 4.72. The summed E-state index contributed by atoms with van der Waals surface area (Å²) in [5.74, 6) is -1.25. The average molecular weight is 288 g/mol. The first-order chi connectivity index (χ1) is 8.74. The maximum Gasteiger partial charge on any atom is 0.302 e. The first-order valence-corrected chi connectivity index (χ1v) is 7.14. The molecule has 1 aromatic rings. The molecule has 0 aromatic carbocycles. The number of carbonyl (C=O) groups excluding carboxylic acids is 1. The van der Waals surface area contributed by atoms with E-state index in [0.717, 1.165) is 0 Å². The number of hydrogen-bond donors (Lipinski definition) is 1. The van der Waals surface area contributed by atoms with Gasteiger partial charge in [-0.15, -0.1) is 3.89 Å². The van der Waals surface area contributed by atoms with Gasteiger partial charge in [-0.2, -0.15) is 13.4 Å². The summed E-state index contributed by atoms with van der Waals surface area (Å²) >= 11 is 0. The Morgan fingerprint density at radius 3 is 2.79 bits per heavy atom. The van der Waals surface area contributed by atoms with E-state index in [1.807, 2.05) is 0 Å². The minimum atomic E-state index is -4.60. The molecule has 104 valence electrons. The third-order valence-corrected chi connectivity index (χ3v) is 3.61. The molecule has 1 atom stereocenters. The van der Waals surface area contributed by atoms with Gasteiger partial charge in [-0.3, -0.25) is 9.69 Å². The highest BCUT2D eigenvalue weighted by Crippen LogP contribution is 2.24. The molecule has 1 fully saturated rings. The number of anilines is 2. The summed E-state index contributed by atoms with van der Waals surface area (Å²) in [5.41, 5.74) is 6.16. The lowest BCUT2D eigenvalue weighted by Gasteiger charge is -2.14. The Balaban J connectivity index is 2.20. The van der Waals surface area contributed by atoms with Crippen molar-refractivity contribution in [3.63, 3.8) is 0 Å². The van der Waals surface area contributed by atoms with Crippen molar-refractivity contribution in [1.82, 2.24) is 9.97 Å². The van der Waals surface area contributed by atoms with E-state index in [9.17, 15) is 17.1 Å². The largest absolute Gasteiger partial charge is 0.384 e. The van der Waals surface area contributed by atoms with Gasteiger partial charge in [0, 0.05) is 30.6 Å². The lowest BCUT2D eigenvalue weighted by molar-refractivity contribution is -0.117. The molecule has 2 N–H and O–H groups in total. The van der Waals surface area contributed by atoms with Crippen molar-refractivity contribution >= 4 is 27.9 Å². The van der Waals surface area contributed by atoms with Crippen LogP contribution in [0.1, 0.15) is 12.1 Å². The third kappa shape index (κ3) is 3.37. The van der Waals surface area contributed by atoms with Gasteiger partial charge >= 0.3 is 10.2 Å². The topological polar surface area (TPSA) is 106 Å². The molecular weight excluding hydrogens is 275 g/mol. The Kier molecular flexibility index (Phi) is 3.40. The number of nitrogens with two attached hydrogens (primary N) is 1. The highest BCUT2D eigenvalue weighted by molar-refractivity contribution is 7.86. The van der Waals surface area contributed by atoms with E-state index in [1.165, 1.54) is 4.90 Å². The summed E-state index contributed by atoms with van der Waals surface area (Å²) in [6.07, 6.45) is -0.0413. The maximum atomic E-state index is 12.6. The molecule has 1 unspecified atom stereocenters. The predicted octanol–water partition coefficient (Wildman–Crippen LogP) is 0.0194. The van der Waals surface area contributed by atoms with Gasteiger partial charge in [0.05, 0.1) is 5.75 Å². The normalized spacial score (nSPS) is 20.0. The molecular formula is C10H13FN4O3S. The van der Waals surface area contributed by atoms with Crippen molar-refractivity contribution in [1.29, 1.82) is 0 Å². The van der Waals surface area contributed by atoms with E-state index in [1.54, 1.807) is 13.0 Å². The number of aryl methyl sites for hydroxylation is 1. The summed E-state index contributed by atoms with van der Waals surface area (Å²) in [7, 11) is -4.60. The summed E-state index contributed by atoms with van der Waals surface area (Å²) in [5, 5.41) is 0. The second-order valence-corrected chi connectivity index (χ2v) is 5.93.